The molecule has 0 atom stereocenters. The van der Waals surface area contributed by atoms with Crippen molar-refractivity contribution in [3.63, 3.8) is 0 Å². The van der Waals surface area contributed by atoms with Crippen LogP contribution in [0.1, 0.15) is 11.1 Å². The Labute approximate surface area is 183 Å². The first kappa shape index (κ1) is 19.5. The van der Waals surface area contributed by atoms with Crippen LogP contribution in [0.2, 0.25) is 0 Å². The van der Waals surface area contributed by atoms with E-state index in [2.05, 4.69) is 76.9 Å². The molecule has 156 valence electrons. The highest BCUT2D eigenvalue weighted by Gasteiger charge is 2.23. The molecule has 1 aromatic heterocycles. The second-order valence-corrected chi connectivity index (χ2v) is 8.13. The fourth-order valence-electron chi connectivity index (χ4n) is 4.21. The molecule has 3 aromatic carbocycles. The van der Waals surface area contributed by atoms with Crippen LogP contribution in [0.3, 0.4) is 0 Å². The number of piperazine rings is 1. The van der Waals surface area contributed by atoms with Crippen molar-refractivity contribution in [2.45, 2.75) is 13.1 Å². The SMILES string of the molecule is c1ccc(CNc2nc(N3CC[NH+](Cc4ccccc4)CC3)nc3ccccc23)cc1. The van der Waals surface area contributed by atoms with Gasteiger partial charge < -0.3 is 15.1 Å². The Kier molecular flexibility index (Phi) is 5.76. The normalized spacial score (nSPS) is 14.6. The van der Waals surface area contributed by atoms with Gasteiger partial charge in [-0.05, 0) is 17.7 Å². The number of nitrogens with zero attached hydrogens (tertiary/aromatic N) is 3. The van der Waals surface area contributed by atoms with Crippen molar-refractivity contribution in [2.24, 2.45) is 0 Å². The molecule has 0 amide bonds. The average molecular weight is 411 g/mol. The molecule has 0 spiro atoms. The second-order valence-electron chi connectivity index (χ2n) is 8.13. The van der Waals surface area contributed by atoms with Crippen molar-refractivity contribution in [3.05, 3.63) is 96.1 Å². The molecule has 0 bridgehead atoms. The number of benzene rings is 3. The van der Waals surface area contributed by atoms with Crippen molar-refractivity contribution in [3.8, 4) is 0 Å². The summed E-state index contributed by atoms with van der Waals surface area (Å²) in [5, 5.41) is 4.61. The Morgan fingerprint density at radius 3 is 2.13 bits per heavy atom. The number of aromatic nitrogens is 2. The summed E-state index contributed by atoms with van der Waals surface area (Å²) in [6.45, 7) is 5.96. The van der Waals surface area contributed by atoms with Gasteiger partial charge in [-0.3, -0.25) is 0 Å². The standard InChI is InChI=1S/C26H27N5/c1-3-9-21(10-4-1)19-27-25-23-13-7-8-14-24(23)28-26(29-25)31-17-15-30(16-18-31)20-22-11-5-2-6-12-22/h1-14H,15-20H2,(H,27,28,29)/p+1. The molecular formula is C26H28N5+. The first-order chi connectivity index (χ1) is 15.3. The van der Waals surface area contributed by atoms with E-state index in [9.17, 15) is 0 Å². The molecule has 0 aliphatic carbocycles. The van der Waals surface area contributed by atoms with E-state index in [-0.39, 0.29) is 0 Å². The molecule has 2 heterocycles. The molecule has 1 aliphatic rings. The molecule has 5 rings (SSSR count). The lowest BCUT2D eigenvalue weighted by Crippen LogP contribution is -3.13. The van der Waals surface area contributed by atoms with Gasteiger partial charge in [-0.15, -0.1) is 0 Å². The van der Waals surface area contributed by atoms with Crippen molar-refractivity contribution >= 4 is 22.7 Å². The van der Waals surface area contributed by atoms with Gasteiger partial charge in [0.05, 0.1) is 31.7 Å². The third-order valence-electron chi connectivity index (χ3n) is 5.94. The fourth-order valence-corrected chi connectivity index (χ4v) is 4.21. The maximum absolute atomic E-state index is 4.94. The van der Waals surface area contributed by atoms with Gasteiger partial charge in [-0.1, -0.05) is 72.8 Å². The van der Waals surface area contributed by atoms with Crippen LogP contribution in [0.4, 0.5) is 11.8 Å². The van der Waals surface area contributed by atoms with Crippen LogP contribution in [-0.2, 0) is 13.1 Å². The highest BCUT2D eigenvalue weighted by atomic mass is 15.3. The maximum Gasteiger partial charge on any atom is 0.228 e. The number of para-hydroxylation sites is 1. The van der Waals surface area contributed by atoms with E-state index < -0.39 is 0 Å². The summed E-state index contributed by atoms with van der Waals surface area (Å²) >= 11 is 0. The molecule has 2 N–H and O–H groups in total. The molecule has 5 nitrogen and oxygen atoms in total. The third-order valence-corrected chi connectivity index (χ3v) is 5.94. The van der Waals surface area contributed by atoms with Crippen molar-refractivity contribution in [2.75, 3.05) is 36.4 Å². The fraction of sp³-hybridized carbons (Fsp3) is 0.231. The van der Waals surface area contributed by atoms with E-state index in [1.807, 2.05) is 18.2 Å². The Bertz CT molecular complexity index is 1120. The summed E-state index contributed by atoms with van der Waals surface area (Å²) in [6.07, 6.45) is 0. The Morgan fingerprint density at radius 2 is 1.39 bits per heavy atom. The van der Waals surface area contributed by atoms with Gasteiger partial charge in [0.15, 0.2) is 0 Å². The number of hydrogen-bond donors (Lipinski definition) is 2. The van der Waals surface area contributed by atoms with E-state index in [4.69, 9.17) is 9.97 Å². The van der Waals surface area contributed by atoms with Gasteiger partial charge >= 0.3 is 0 Å². The van der Waals surface area contributed by atoms with Gasteiger partial charge in [-0.25, -0.2) is 4.98 Å². The number of anilines is 2. The summed E-state index contributed by atoms with van der Waals surface area (Å²) in [6, 6.07) is 29.5. The van der Waals surface area contributed by atoms with Gasteiger partial charge in [0, 0.05) is 17.5 Å². The Morgan fingerprint density at radius 1 is 0.742 bits per heavy atom. The number of quaternary nitrogens is 1. The predicted molar refractivity (Wildman–Crippen MR) is 126 cm³/mol. The Balaban J connectivity index is 1.32. The van der Waals surface area contributed by atoms with Crippen LogP contribution in [-0.4, -0.2) is 36.1 Å². The van der Waals surface area contributed by atoms with Gasteiger partial charge in [0.1, 0.15) is 12.4 Å². The van der Waals surface area contributed by atoms with Gasteiger partial charge in [0.25, 0.3) is 0 Å². The molecule has 4 aromatic rings. The maximum atomic E-state index is 4.94. The molecule has 1 saturated heterocycles. The second kappa shape index (κ2) is 9.14. The minimum Gasteiger partial charge on any atom is -0.365 e. The summed E-state index contributed by atoms with van der Waals surface area (Å²) in [4.78, 5) is 13.8. The molecule has 1 fully saturated rings. The Hall–Kier alpha value is -3.44. The lowest BCUT2D eigenvalue weighted by molar-refractivity contribution is -0.914. The largest absolute Gasteiger partial charge is 0.365 e. The highest BCUT2D eigenvalue weighted by molar-refractivity contribution is 5.90. The monoisotopic (exact) mass is 410 g/mol. The number of rotatable bonds is 6. The quantitative estimate of drug-likeness (QED) is 0.513. The molecular weight excluding hydrogens is 382 g/mol. The third kappa shape index (κ3) is 4.67. The number of nitrogens with one attached hydrogen (secondary N) is 2. The molecule has 5 heteroatoms. The molecule has 1 aliphatic heterocycles. The van der Waals surface area contributed by atoms with E-state index in [1.165, 1.54) is 11.1 Å². The molecule has 0 saturated carbocycles. The zero-order valence-electron chi connectivity index (χ0n) is 17.7. The van der Waals surface area contributed by atoms with E-state index in [0.717, 1.165) is 61.9 Å². The van der Waals surface area contributed by atoms with Crippen LogP contribution in [0.15, 0.2) is 84.9 Å². The molecule has 0 radical (unpaired) electrons. The topological polar surface area (TPSA) is 45.5 Å². The smallest absolute Gasteiger partial charge is 0.228 e. The van der Waals surface area contributed by atoms with E-state index in [0.29, 0.717) is 0 Å². The first-order valence-corrected chi connectivity index (χ1v) is 11.0. The summed E-state index contributed by atoms with van der Waals surface area (Å²) in [5.74, 6) is 1.73. The minimum atomic E-state index is 0.746. The highest BCUT2D eigenvalue weighted by Crippen LogP contribution is 2.24. The van der Waals surface area contributed by atoms with Crippen molar-refractivity contribution in [1.82, 2.24) is 9.97 Å². The van der Waals surface area contributed by atoms with Gasteiger partial charge in [-0.2, -0.15) is 4.98 Å². The minimum absolute atomic E-state index is 0.746. The number of hydrogen-bond acceptors (Lipinski definition) is 4. The molecule has 31 heavy (non-hydrogen) atoms. The first-order valence-electron chi connectivity index (χ1n) is 11.0. The van der Waals surface area contributed by atoms with Crippen LogP contribution >= 0.6 is 0 Å². The zero-order valence-corrected chi connectivity index (χ0v) is 17.7. The predicted octanol–water partition coefficient (Wildman–Crippen LogP) is 3.15. The van der Waals surface area contributed by atoms with Crippen molar-refractivity contribution < 1.29 is 4.90 Å². The van der Waals surface area contributed by atoms with E-state index in [1.54, 1.807) is 4.90 Å². The van der Waals surface area contributed by atoms with Crippen LogP contribution in [0.25, 0.3) is 10.9 Å². The van der Waals surface area contributed by atoms with Crippen molar-refractivity contribution in [1.29, 1.82) is 0 Å². The van der Waals surface area contributed by atoms with E-state index >= 15 is 0 Å². The summed E-state index contributed by atoms with van der Waals surface area (Å²) < 4.78 is 0. The lowest BCUT2D eigenvalue weighted by atomic mass is 10.2. The average Bonchev–Trinajstić information content (AvgIpc) is 2.84. The van der Waals surface area contributed by atoms with Crippen LogP contribution < -0.4 is 15.1 Å². The number of fused-ring (bicyclic) bond motifs is 1. The van der Waals surface area contributed by atoms with Crippen LogP contribution in [0.5, 0.6) is 0 Å². The lowest BCUT2D eigenvalue weighted by Gasteiger charge is -2.32. The van der Waals surface area contributed by atoms with Gasteiger partial charge in [0.2, 0.25) is 5.95 Å². The summed E-state index contributed by atoms with van der Waals surface area (Å²) in [7, 11) is 0. The zero-order chi connectivity index (χ0) is 20.9. The summed E-state index contributed by atoms with van der Waals surface area (Å²) in [5.41, 5.74) is 3.63. The molecule has 0 unspecified atom stereocenters. The van der Waals surface area contributed by atoms with Crippen LogP contribution in [0, 0.1) is 0 Å².